The van der Waals surface area contributed by atoms with E-state index in [1.54, 1.807) is 4.57 Å². The monoisotopic (exact) mass is 568 g/mol. The van der Waals surface area contributed by atoms with Crippen molar-refractivity contribution in [3.8, 4) is 5.69 Å². The average molecular weight is 569 g/mol. The van der Waals surface area contributed by atoms with Crippen molar-refractivity contribution in [1.29, 1.82) is 0 Å². The van der Waals surface area contributed by atoms with Gasteiger partial charge in [0.15, 0.2) is 0 Å². The highest BCUT2D eigenvalue weighted by atomic mass is 35.5. The Balaban J connectivity index is 1.58. The molecular weight excluding hydrogens is 542 g/mol. The molecule has 0 unspecified atom stereocenters. The third-order valence-electron chi connectivity index (χ3n) is 6.89. The second-order valence-corrected chi connectivity index (χ2v) is 10.6. The van der Waals surface area contributed by atoms with Gasteiger partial charge in [0.1, 0.15) is 11.4 Å². The maximum atomic E-state index is 15.6. The Morgan fingerprint density at radius 2 is 1.54 bits per heavy atom. The third-order valence-corrected chi connectivity index (χ3v) is 7.50. The molecule has 202 valence electrons. The molecule has 0 aliphatic carbocycles. The van der Waals surface area contributed by atoms with Crippen LogP contribution in [0.2, 0.25) is 10.0 Å². The molecule has 0 radical (unpaired) electrons. The van der Waals surface area contributed by atoms with Crippen LogP contribution < -0.4 is 15.2 Å². The number of nitrogens with zero attached hydrogens (tertiary/aromatic N) is 4. The van der Waals surface area contributed by atoms with E-state index in [9.17, 15) is 14.7 Å². The Hall–Kier alpha value is -3.59. The molecule has 0 bridgehead atoms. The van der Waals surface area contributed by atoms with Crippen LogP contribution in [0.3, 0.4) is 0 Å². The van der Waals surface area contributed by atoms with E-state index >= 15 is 4.39 Å². The number of hydrogen-bond acceptors (Lipinski definition) is 5. The normalized spacial score (nSPS) is 13.9. The molecule has 7 nitrogen and oxygen atoms in total. The smallest absolute Gasteiger partial charge is 0.341 e. The van der Waals surface area contributed by atoms with E-state index in [2.05, 4.69) is 4.90 Å². The Kier molecular flexibility index (Phi) is 7.53. The fourth-order valence-corrected chi connectivity index (χ4v) is 5.55. The average Bonchev–Trinajstić information content (AvgIpc) is 2.90. The summed E-state index contributed by atoms with van der Waals surface area (Å²) < 4.78 is 17.2. The number of carbonyl (C=O) groups is 1. The van der Waals surface area contributed by atoms with E-state index in [0.717, 1.165) is 23.9 Å². The zero-order chi connectivity index (χ0) is 27.8. The predicted molar refractivity (Wildman–Crippen MR) is 155 cm³/mol. The molecule has 1 N–H and O–H groups in total. The number of aromatic carboxylic acids is 1. The Morgan fingerprint density at radius 1 is 0.949 bits per heavy atom. The Morgan fingerprint density at radius 3 is 2.13 bits per heavy atom. The first kappa shape index (κ1) is 27.0. The van der Waals surface area contributed by atoms with Gasteiger partial charge >= 0.3 is 5.97 Å². The summed E-state index contributed by atoms with van der Waals surface area (Å²) in [5, 5.41) is 10.3. The Bertz CT molecular complexity index is 1600. The van der Waals surface area contributed by atoms with E-state index in [0.29, 0.717) is 36.9 Å². The first-order chi connectivity index (χ1) is 18.6. The topological polar surface area (TPSA) is 69.0 Å². The van der Waals surface area contributed by atoms with Crippen molar-refractivity contribution in [2.24, 2.45) is 0 Å². The molecule has 1 aliphatic rings. The largest absolute Gasteiger partial charge is 0.477 e. The fraction of sp³-hybridized carbons (Fsp3) is 0.241. The summed E-state index contributed by atoms with van der Waals surface area (Å²) in [6, 6.07) is 16.2. The summed E-state index contributed by atoms with van der Waals surface area (Å²) in [6.45, 7) is 2.99. The number of aromatic nitrogens is 1. The lowest BCUT2D eigenvalue weighted by atomic mass is 10.1. The van der Waals surface area contributed by atoms with E-state index in [-0.39, 0.29) is 21.6 Å². The number of hydrogen-bond donors (Lipinski definition) is 1. The van der Waals surface area contributed by atoms with E-state index < -0.39 is 22.8 Å². The van der Waals surface area contributed by atoms with Crippen LogP contribution in [-0.4, -0.2) is 60.8 Å². The van der Waals surface area contributed by atoms with Gasteiger partial charge in [-0.1, -0.05) is 35.3 Å². The van der Waals surface area contributed by atoms with E-state index in [1.807, 2.05) is 72.4 Å². The summed E-state index contributed by atoms with van der Waals surface area (Å²) in [6.07, 6.45) is 1.26. The van der Waals surface area contributed by atoms with Gasteiger partial charge in [-0.2, -0.15) is 0 Å². The zero-order valence-corrected chi connectivity index (χ0v) is 23.0. The van der Waals surface area contributed by atoms with Gasteiger partial charge in [-0.15, -0.1) is 0 Å². The van der Waals surface area contributed by atoms with Crippen molar-refractivity contribution in [1.82, 2.24) is 9.47 Å². The molecule has 1 aliphatic heterocycles. The first-order valence-electron chi connectivity index (χ1n) is 12.4. The minimum Gasteiger partial charge on any atom is -0.477 e. The lowest BCUT2D eigenvalue weighted by Gasteiger charge is -2.38. The fourth-order valence-electron chi connectivity index (χ4n) is 5.02. The van der Waals surface area contributed by atoms with E-state index in [1.165, 1.54) is 6.20 Å². The van der Waals surface area contributed by atoms with Crippen molar-refractivity contribution in [3.63, 3.8) is 0 Å². The molecule has 10 heteroatoms. The molecule has 4 aromatic rings. The third kappa shape index (κ3) is 5.32. The first-order valence-corrected chi connectivity index (χ1v) is 13.2. The molecule has 1 aromatic heterocycles. The number of halogens is 3. The predicted octanol–water partition coefficient (Wildman–Crippen LogP) is 5.52. The lowest BCUT2D eigenvalue weighted by molar-refractivity contribution is 0.0695. The second kappa shape index (κ2) is 10.9. The Labute approximate surface area is 235 Å². The molecule has 5 rings (SSSR count). The van der Waals surface area contributed by atoms with Gasteiger partial charge in [0.2, 0.25) is 5.43 Å². The highest BCUT2D eigenvalue weighted by Gasteiger charge is 2.27. The molecule has 3 aromatic carbocycles. The van der Waals surface area contributed by atoms with Crippen molar-refractivity contribution < 1.29 is 14.3 Å². The quantitative estimate of drug-likeness (QED) is 0.330. The maximum Gasteiger partial charge on any atom is 0.341 e. The second-order valence-electron chi connectivity index (χ2n) is 9.82. The molecule has 0 amide bonds. The van der Waals surface area contributed by atoms with Crippen LogP contribution in [0.5, 0.6) is 0 Å². The molecule has 1 fully saturated rings. The standard InChI is InChI=1S/C29H27Cl2FN4O3/c1-33(2)16-18-3-7-21(8-4-18)36-17-23(29(38)39)28(37)22-15-24(32)27(25(31)26(22)36)35-13-11-34(12-14-35)20-9-5-19(30)6-10-20/h3-10,15,17H,11-14,16H2,1-2H3,(H,38,39). The number of anilines is 2. The van der Waals surface area contributed by atoms with Crippen molar-refractivity contribution in [2.45, 2.75) is 6.54 Å². The highest BCUT2D eigenvalue weighted by molar-refractivity contribution is 6.38. The summed E-state index contributed by atoms with van der Waals surface area (Å²) >= 11 is 12.9. The summed E-state index contributed by atoms with van der Waals surface area (Å²) in [7, 11) is 3.93. The van der Waals surface area contributed by atoms with E-state index in [4.69, 9.17) is 23.2 Å². The van der Waals surface area contributed by atoms with Gasteiger partial charge in [-0.25, -0.2) is 9.18 Å². The van der Waals surface area contributed by atoms with Crippen molar-refractivity contribution in [2.75, 3.05) is 50.1 Å². The summed E-state index contributed by atoms with van der Waals surface area (Å²) in [5.74, 6) is -2.06. The minimum atomic E-state index is -1.39. The number of carboxylic acid groups (broad SMARTS) is 1. The molecule has 1 saturated heterocycles. The molecule has 2 heterocycles. The molecule has 0 spiro atoms. The van der Waals surface area contributed by atoms with Gasteiger partial charge in [-0.3, -0.25) is 4.79 Å². The maximum absolute atomic E-state index is 15.6. The van der Waals surface area contributed by atoms with Gasteiger partial charge in [0.25, 0.3) is 0 Å². The number of fused-ring (bicyclic) bond motifs is 1. The van der Waals surface area contributed by atoms with Crippen LogP contribution in [-0.2, 0) is 6.54 Å². The van der Waals surface area contributed by atoms with Crippen LogP contribution in [0.4, 0.5) is 15.8 Å². The van der Waals surface area contributed by atoms with Gasteiger partial charge in [-0.05, 0) is 62.1 Å². The lowest BCUT2D eigenvalue weighted by Crippen LogP contribution is -2.47. The van der Waals surface area contributed by atoms with Crippen molar-refractivity contribution in [3.05, 3.63) is 98.0 Å². The number of benzene rings is 3. The molecule has 0 atom stereocenters. The van der Waals surface area contributed by atoms with Crippen LogP contribution in [0.1, 0.15) is 15.9 Å². The number of piperazine rings is 1. The van der Waals surface area contributed by atoms with Crippen LogP contribution in [0.25, 0.3) is 16.6 Å². The number of carboxylic acids is 1. The van der Waals surface area contributed by atoms with Gasteiger partial charge in [0.05, 0.1) is 21.6 Å². The van der Waals surface area contributed by atoms with Gasteiger partial charge < -0.3 is 24.4 Å². The summed E-state index contributed by atoms with van der Waals surface area (Å²) in [4.78, 5) is 31.1. The van der Waals surface area contributed by atoms with Crippen LogP contribution >= 0.6 is 23.2 Å². The molecular formula is C29H27Cl2FN4O3. The molecule has 0 saturated carbocycles. The number of rotatable bonds is 6. The van der Waals surface area contributed by atoms with Crippen LogP contribution in [0, 0.1) is 5.82 Å². The minimum absolute atomic E-state index is 0.0661. The zero-order valence-electron chi connectivity index (χ0n) is 21.5. The SMILES string of the molecule is CN(C)Cc1ccc(-n2cc(C(=O)O)c(=O)c3cc(F)c(N4CCN(c5ccc(Cl)cc5)CC4)c(Cl)c32)cc1. The summed E-state index contributed by atoms with van der Waals surface area (Å²) in [5.41, 5.74) is 1.92. The highest BCUT2D eigenvalue weighted by Crippen LogP contribution is 2.37. The molecule has 39 heavy (non-hydrogen) atoms. The van der Waals surface area contributed by atoms with Crippen molar-refractivity contribution >= 4 is 51.4 Å². The van der Waals surface area contributed by atoms with Gasteiger partial charge in [0, 0.05) is 55.3 Å². The van der Waals surface area contributed by atoms with Crippen LogP contribution in [0.15, 0.2) is 65.6 Å². The number of pyridine rings is 1.